The van der Waals surface area contributed by atoms with Crippen molar-refractivity contribution in [2.24, 2.45) is 0 Å². The number of carbonyl (C=O) groups excluding carboxylic acids is 1. The number of amides is 1. The molecule has 2 heterocycles. The van der Waals surface area contributed by atoms with E-state index in [0.717, 1.165) is 10.2 Å². The number of aromatic nitrogens is 4. The van der Waals surface area contributed by atoms with Gasteiger partial charge in [-0.05, 0) is 39.8 Å². The average molecular weight is 325 g/mol. The van der Waals surface area contributed by atoms with E-state index in [-0.39, 0.29) is 17.0 Å². The van der Waals surface area contributed by atoms with Crippen LogP contribution in [0, 0.1) is 6.92 Å². The highest BCUT2D eigenvalue weighted by Gasteiger charge is 2.20. The summed E-state index contributed by atoms with van der Waals surface area (Å²) in [5.41, 5.74) is 3.84. The summed E-state index contributed by atoms with van der Waals surface area (Å²) in [5.74, 6) is -0.370. The molecule has 0 spiro atoms. The predicted octanol–water partition coefficient (Wildman–Crippen LogP) is 2.04. The third kappa shape index (κ3) is 2.80. The van der Waals surface area contributed by atoms with Crippen molar-refractivity contribution < 1.29 is 4.79 Å². The molecule has 0 saturated carbocycles. The number of hydrogen-bond donors (Lipinski definition) is 1. The lowest BCUT2D eigenvalue weighted by Gasteiger charge is -2.19. The van der Waals surface area contributed by atoms with Crippen LogP contribution in [-0.2, 0) is 5.54 Å². The van der Waals surface area contributed by atoms with Crippen molar-refractivity contribution in [2.75, 3.05) is 5.43 Å². The normalized spacial score (nSPS) is 11.7. The molecule has 0 aliphatic rings. The van der Waals surface area contributed by atoms with Crippen LogP contribution < -0.4 is 11.0 Å². The number of nitrogens with one attached hydrogen (secondary N) is 1. The van der Waals surface area contributed by atoms with Gasteiger partial charge in [0.25, 0.3) is 11.5 Å². The van der Waals surface area contributed by atoms with E-state index in [1.54, 1.807) is 22.9 Å². The number of fused-ring (bicyclic) bond motifs is 1. The van der Waals surface area contributed by atoms with Crippen molar-refractivity contribution in [2.45, 2.75) is 33.2 Å². The Balaban J connectivity index is 1.98. The number of hydrogen-bond acceptors (Lipinski definition) is 4. The Kier molecular flexibility index (Phi) is 3.71. The Hall–Kier alpha value is -2.96. The minimum Gasteiger partial charge on any atom is -0.267 e. The second kappa shape index (κ2) is 5.59. The smallest absolute Gasteiger partial charge is 0.267 e. The van der Waals surface area contributed by atoms with Crippen LogP contribution in [-0.4, -0.2) is 25.3 Å². The van der Waals surface area contributed by atoms with E-state index in [9.17, 15) is 9.59 Å². The summed E-state index contributed by atoms with van der Waals surface area (Å²) in [6.07, 6.45) is 2.79. The lowest BCUT2D eigenvalue weighted by atomic mass is 10.1. The monoisotopic (exact) mass is 325 g/mol. The Bertz CT molecular complexity index is 979. The quantitative estimate of drug-likeness (QED) is 0.782. The predicted molar refractivity (Wildman–Crippen MR) is 91.7 cm³/mol. The lowest BCUT2D eigenvalue weighted by Crippen LogP contribution is -2.33. The molecule has 1 N–H and O–H groups in total. The van der Waals surface area contributed by atoms with Crippen LogP contribution in [0.3, 0.4) is 0 Å². The SMILES string of the molecule is Cc1cccc(C(=O)Nn2cnc3c(cnn3C(C)(C)C)c2=O)c1. The van der Waals surface area contributed by atoms with Crippen LogP contribution in [0.25, 0.3) is 11.0 Å². The molecule has 0 radical (unpaired) electrons. The zero-order valence-electron chi connectivity index (χ0n) is 14.1. The zero-order valence-corrected chi connectivity index (χ0v) is 14.1. The van der Waals surface area contributed by atoms with E-state index < -0.39 is 0 Å². The highest BCUT2D eigenvalue weighted by atomic mass is 16.2. The molecule has 3 rings (SSSR count). The zero-order chi connectivity index (χ0) is 17.5. The molecule has 124 valence electrons. The Morgan fingerprint density at radius 1 is 1.25 bits per heavy atom. The maximum absolute atomic E-state index is 12.6. The molecular weight excluding hydrogens is 306 g/mol. The first-order chi connectivity index (χ1) is 11.3. The molecule has 0 unspecified atom stereocenters. The third-order valence-corrected chi connectivity index (χ3v) is 3.63. The van der Waals surface area contributed by atoms with Gasteiger partial charge in [-0.15, -0.1) is 0 Å². The molecule has 0 aliphatic carbocycles. The first kappa shape index (κ1) is 15.9. The van der Waals surface area contributed by atoms with Crippen molar-refractivity contribution in [3.05, 3.63) is 58.3 Å². The van der Waals surface area contributed by atoms with E-state index in [0.29, 0.717) is 16.6 Å². The topological polar surface area (TPSA) is 81.8 Å². The van der Waals surface area contributed by atoms with Crippen molar-refractivity contribution >= 4 is 16.9 Å². The molecule has 24 heavy (non-hydrogen) atoms. The van der Waals surface area contributed by atoms with Crippen LogP contribution in [0.15, 0.2) is 41.6 Å². The number of benzene rings is 1. The summed E-state index contributed by atoms with van der Waals surface area (Å²) < 4.78 is 2.78. The van der Waals surface area contributed by atoms with E-state index in [1.165, 1.54) is 12.5 Å². The summed E-state index contributed by atoms with van der Waals surface area (Å²) in [4.78, 5) is 29.1. The van der Waals surface area contributed by atoms with E-state index in [4.69, 9.17) is 0 Å². The minimum atomic E-state index is -0.370. The van der Waals surface area contributed by atoms with Gasteiger partial charge in [0.1, 0.15) is 11.7 Å². The van der Waals surface area contributed by atoms with Crippen LogP contribution in [0.2, 0.25) is 0 Å². The number of carbonyl (C=O) groups is 1. The molecule has 1 amide bonds. The minimum absolute atomic E-state index is 0.293. The first-order valence-corrected chi connectivity index (χ1v) is 7.61. The Labute approximate surface area is 138 Å². The molecule has 1 aromatic carbocycles. The van der Waals surface area contributed by atoms with Crippen molar-refractivity contribution in [3.63, 3.8) is 0 Å². The van der Waals surface area contributed by atoms with Gasteiger partial charge >= 0.3 is 0 Å². The summed E-state index contributed by atoms with van der Waals surface area (Å²) in [7, 11) is 0. The number of aryl methyl sites for hydroxylation is 1. The number of nitrogens with zero attached hydrogens (tertiary/aromatic N) is 4. The van der Waals surface area contributed by atoms with Gasteiger partial charge in [0.2, 0.25) is 0 Å². The van der Waals surface area contributed by atoms with E-state index in [2.05, 4.69) is 15.5 Å². The third-order valence-electron chi connectivity index (χ3n) is 3.63. The maximum atomic E-state index is 12.6. The molecule has 7 heteroatoms. The molecule has 3 aromatic rings. The van der Waals surface area contributed by atoms with Gasteiger partial charge in [-0.25, -0.2) is 14.3 Å². The first-order valence-electron chi connectivity index (χ1n) is 7.61. The summed E-state index contributed by atoms with van der Waals surface area (Å²) in [5, 5.41) is 4.60. The van der Waals surface area contributed by atoms with Gasteiger partial charge in [0.05, 0.1) is 11.7 Å². The van der Waals surface area contributed by atoms with Crippen molar-refractivity contribution in [3.8, 4) is 0 Å². The molecule has 0 fully saturated rings. The number of rotatable bonds is 2. The maximum Gasteiger partial charge on any atom is 0.283 e. The second-order valence-corrected chi connectivity index (χ2v) is 6.69. The van der Waals surface area contributed by atoms with Gasteiger partial charge in [-0.1, -0.05) is 17.7 Å². The molecule has 0 aliphatic heterocycles. The lowest BCUT2D eigenvalue weighted by molar-refractivity contribution is 0.101. The van der Waals surface area contributed by atoms with E-state index in [1.807, 2.05) is 33.8 Å². The molecule has 7 nitrogen and oxygen atoms in total. The summed E-state index contributed by atoms with van der Waals surface area (Å²) in [6.45, 7) is 7.84. The highest BCUT2D eigenvalue weighted by Crippen LogP contribution is 2.17. The van der Waals surface area contributed by atoms with Gasteiger partial charge in [0, 0.05) is 5.56 Å². The fourth-order valence-electron chi connectivity index (χ4n) is 2.44. The second-order valence-electron chi connectivity index (χ2n) is 6.69. The largest absolute Gasteiger partial charge is 0.283 e. The van der Waals surface area contributed by atoms with Crippen LogP contribution in [0.1, 0.15) is 36.7 Å². The van der Waals surface area contributed by atoms with Crippen LogP contribution in [0.5, 0.6) is 0 Å². The summed E-state index contributed by atoms with van der Waals surface area (Å²) >= 11 is 0. The fourth-order valence-corrected chi connectivity index (χ4v) is 2.44. The molecule has 0 atom stereocenters. The molecular formula is C17H19N5O2. The summed E-state index contributed by atoms with van der Waals surface area (Å²) in [6, 6.07) is 7.14. The van der Waals surface area contributed by atoms with Gasteiger partial charge in [0.15, 0.2) is 5.65 Å². The van der Waals surface area contributed by atoms with Gasteiger partial charge < -0.3 is 0 Å². The van der Waals surface area contributed by atoms with Crippen molar-refractivity contribution in [1.29, 1.82) is 0 Å². The Morgan fingerprint density at radius 2 is 2.00 bits per heavy atom. The highest BCUT2D eigenvalue weighted by molar-refractivity contribution is 6.00. The van der Waals surface area contributed by atoms with Gasteiger partial charge in [-0.3, -0.25) is 15.0 Å². The van der Waals surface area contributed by atoms with Crippen LogP contribution >= 0.6 is 0 Å². The molecule has 0 saturated heterocycles. The van der Waals surface area contributed by atoms with Gasteiger partial charge in [-0.2, -0.15) is 5.10 Å². The Morgan fingerprint density at radius 3 is 2.67 bits per heavy atom. The van der Waals surface area contributed by atoms with E-state index >= 15 is 0 Å². The fraction of sp³-hybridized carbons (Fsp3) is 0.294. The average Bonchev–Trinajstić information content (AvgIpc) is 2.95. The molecule has 0 bridgehead atoms. The van der Waals surface area contributed by atoms with Crippen molar-refractivity contribution in [1.82, 2.24) is 19.4 Å². The van der Waals surface area contributed by atoms with Crippen LogP contribution in [0.4, 0.5) is 0 Å². The standard InChI is InChI=1S/C17H19N5O2/c1-11-6-5-7-12(8-11)15(23)20-21-10-18-14-13(16(21)24)9-19-22(14)17(2,3)4/h5-10H,1-4H3,(H,20,23). The molecule has 2 aromatic heterocycles.